The van der Waals surface area contributed by atoms with Gasteiger partial charge in [-0.1, -0.05) is 45.0 Å². The Morgan fingerprint density at radius 2 is 1.77 bits per heavy atom. The fourth-order valence-electron chi connectivity index (χ4n) is 2.50. The van der Waals surface area contributed by atoms with Crippen molar-refractivity contribution in [2.24, 2.45) is 11.1 Å². The summed E-state index contributed by atoms with van der Waals surface area (Å²) in [5.41, 5.74) is 6.44. The number of hydrogen-bond acceptors (Lipinski definition) is 5. The molecule has 26 heavy (non-hydrogen) atoms. The van der Waals surface area contributed by atoms with Crippen LogP contribution < -0.4 is 11.1 Å². The van der Waals surface area contributed by atoms with Gasteiger partial charge in [0, 0.05) is 5.56 Å². The van der Waals surface area contributed by atoms with E-state index in [1.165, 1.54) is 0 Å². The average Bonchev–Trinajstić information content (AvgIpc) is 2.52. The molecule has 0 amide bonds. The lowest BCUT2D eigenvalue weighted by Crippen LogP contribution is -2.41. The summed E-state index contributed by atoms with van der Waals surface area (Å²) >= 11 is 0. The molecule has 0 bridgehead atoms. The topological polar surface area (TPSA) is 130 Å². The number of aliphatic carboxylic acids is 2. The molecule has 1 rings (SSSR count). The number of hydrogen-bond donors (Lipinski definition) is 4. The maximum atomic E-state index is 12.9. The van der Waals surface area contributed by atoms with Crippen molar-refractivity contribution in [3.05, 3.63) is 35.4 Å². The second-order valence-electron chi connectivity index (χ2n) is 7.59. The second kappa shape index (κ2) is 9.45. The maximum absolute atomic E-state index is 12.9. The van der Waals surface area contributed by atoms with Crippen molar-refractivity contribution in [1.29, 1.82) is 0 Å². The zero-order valence-corrected chi connectivity index (χ0v) is 15.5. The van der Waals surface area contributed by atoms with Crippen LogP contribution in [0.4, 0.5) is 0 Å². The van der Waals surface area contributed by atoms with Crippen LogP contribution in [0.1, 0.15) is 49.5 Å². The minimum absolute atomic E-state index is 0.000963. The van der Waals surface area contributed by atoms with Gasteiger partial charge in [0.1, 0.15) is 6.04 Å². The number of carbonyl (C=O) groups is 3. The molecule has 0 saturated heterocycles. The molecule has 0 radical (unpaired) electrons. The zero-order valence-electron chi connectivity index (χ0n) is 15.5. The molecule has 2 atom stereocenters. The number of benzene rings is 1. The van der Waals surface area contributed by atoms with Crippen LogP contribution in [0.2, 0.25) is 0 Å². The zero-order chi connectivity index (χ0) is 19.9. The van der Waals surface area contributed by atoms with Gasteiger partial charge in [-0.2, -0.15) is 0 Å². The molecular formula is C19H28N2O5. The van der Waals surface area contributed by atoms with Crippen LogP contribution in [-0.2, 0) is 16.0 Å². The predicted molar refractivity (Wildman–Crippen MR) is 98.2 cm³/mol. The van der Waals surface area contributed by atoms with Gasteiger partial charge in [0.05, 0.1) is 12.5 Å². The number of ketones is 1. The van der Waals surface area contributed by atoms with Crippen molar-refractivity contribution < 1.29 is 24.6 Å². The summed E-state index contributed by atoms with van der Waals surface area (Å²) < 4.78 is 0. The first kappa shape index (κ1) is 21.8. The Bertz CT molecular complexity index is 652. The standard InChI is InChI=1S/C19H28N2O5/c1-19(2,3)8-9-21-15(11-16(22)23)17(24)13-7-5-4-6-12(13)10-14(20)18(25)26/h4-7,14-15,21H,8-11,20H2,1-3H3,(H,22,23)(H,25,26). The molecule has 2 unspecified atom stereocenters. The fourth-order valence-corrected chi connectivity index (χ4v) is 2.50. The van der Waals surface area contributed by atoms with Gasteiger partial charge in [-0.3, -0.25) is 14.4 Å². The summed E-state index contributed by atoms with van der Waals surface area (Å²) in [6, 6.07) is 4.57. The third kappa shape index (κ3) is 7.33. The first-order chi connectivity index (χ1) is 12.0. The van der Waals surface area contributed by atoms with Gasteiger partial charge in [-0.25, -0.2) is 0 Å². The van der Waals surface area contributed by atoms with Crippen LogP contribution in [0.25, 0.3) is 0 Å². The Morgan fingerprint density at radius 3 is 2.31 bits per heavy atom. The van der Waals surface area contributed by atoms with Crippen LogP contribution in [0.15, 0.2) is 24.3 Å². The Morgan fingerprint density at radius 1 is 1.15 bits per heavy atom. The highest BCUT2D eigenvalue weighted by Crippen LogP contribution is 2.18. The van der Waals surface area contributed by atoms with Gasteiger partial charge in [0.2, 0.25) is 0 Å². The largest absolute Gasteiger partial charge is 0.481 e. The number of nitrogens with one attached hydrogen (secondary N) is 1. The van der Waals surface area contributed by atoms with E-state index in [0.717, 1.165) is 6.42 Å². The SMILES string of the molecule is CC(C)(C)CCNC(CC(=O)O)C(=O)c1ccccc1CC(N)C(=O)O. The minimum Gasteiger partial charge on any atom is -0.481 e. The highest BCUT2D eigenvalue weighted by atomic mass is 16.4. The van der Waals surface area contributed by atoms with E-state index >= 15 is 0 Å². The van der Waals surface area contributed by atoms with Gasteiger partial charge in [-0.15, -0.1) is 0 Å². The van der Waals surface area contributed by atoms with E-state index in [4.69, 9.17) is 15.9 Å². The molecule has 7 heteroatoms. The molecular weight excluding hydrogens is 336 g/mol. The van der Waals surface area contributed by atoms with E-state index in [1.54, 1.807) is 24.3 Å². The molecule has 144 valence electrons. The number of rotatable bonds is 10. The van der Waals surface area contributed by atoms with Crippen molar-refractivity contribution in [2.45, 2.75) is 52.1 Å². The summed E-state index contributed by atoms with van der Waals surface area (Å²) in [7, 11) is 0. The fraction of sp³-hybridized carbons (Fsp3) is 0.526. The Kier molecular flexibility index (Phi) is 7.92. The highest BCUT2D eigenvalue weighted by Gasteiger charge is 2.26. The van der Waals surface area contributed by atoms with Crippen molar-refractivity contribution in [2.75, 3.05) is 6.54 Å². The molecule has 0 spiro atoms. The van der Waals surface area contributed by atoms with Crippen molar-refractivity contribution in [3.8, 4) is 0 Å². The molecule has 1 aromatic carbocycles. The van der Waals surface area contributed by atoms with E-state index in [9.17, 15) is 14.4 Å². The van der Waals surface area contributed by atoms with Crippen molar-refractivity contribution in [3.63, 3.8) is 0 Å². The Labute approximate surface area is 153 Å². The predicted octanol–water partition coefficient (Wildman–Crippen LogP) is 1.69. The van der Waals surface area contributed by atoms with Crippen LogP contribution in [0.3, 0.4) is 0 Å². The summed E-state index contributed by atoms with van der Waals surface area (Å²) in [6.45, 7) is 6.69. The summed E-state index contributed by atoms with van der Waals surface area (Å²) in [5.74, 6) is -2.60. The molecule has 0 aliphatic carbocycles. The van der Waals surface area contributed by atoms with Gasteiger partial charge in [0.15, 0.2) is 5.78 Å². The lowest BCUT2D eigenvalue weighted by molar-refractivity contribution is -0.139. The highest BCUT2D eigenvalue weighted by molar-refractivity contribution is 6.03. The third-order valence-corrected chi connectivity index (χ3v) is 4.00. The van der Waals surface area contributed by atoms with Gasteiger partial charge >= 0.3 is 11.9 Å². The molecule has 7 nitrogen and oxygen atoms in total. The number of carbonyl (C=O) groups excluding carboxylic acids is 1. The molecule has 1 aromatic rings. The van der Waals surface area contributed by atoms with Crippen molar-refractivity contribution in [1.82, 2.24) is 5.32 Å². The van der Waals surface area contributed by atoms with Crippen LogP contribution >= 0.6 is 0 Å². The number of carboxylic acids is 2. The van der Waals surface area contributed by atoms with Gasteiger partial charge in [0.25, 0.3) is 0 Å². The monoisotopic (exact) mass is 364 g/mol. The third-order valence-electron chi connectivity index (χ3n) is 4.00. The smallest absolute Gasteiger partial charge is 0.320 e. The van der Waals surface area contributed by atoms with Gasteiger partial charge in [-0.05, 0) is 30.4 Å². The van der Waals surface area contributed by atoms with E-state index in [1.807, 2.05) is 0 Å². The lowest BCUT2D eigenvalue weighted by atomic mass is 9.91. The number of Topliss-reactive ketones (excluding diaryl/α,β-unsaturated/α-hetero) is 1. The van der Waals surface area contributed by atoms with Crippen molar-refractivity contribution >= 4 is 17.7 Å². The second-order valence-corrected chi connectivity index (χ2v) is 7.59. The van der Waals surface area contributed by atoms with Gasteiger partial charge < -0.3 is 21.3 Å². The summed E-state index contributed by atoms with van der Waals surface area (Å²) in [5, 5.41) is 21.2. The maximum Gasteiger partial charge on any atom is 0.320 e. The average molecular weight is 364 g/mol. The van der Waals surface area contributed by atoms with E-state index in [2.05, 4.69) is 26.1 Å². The van der Waals surface area contributed by atoms with Crippen LogP contribution in [0, 0.1) is 5.41 Å². The first-order valence-electron chi connectivity index (χ1n) is 8.57. The summed E-state index contributed by atoms with van der Waals surface area (Å²) in [4.78, 5) is 35.1. The summed E-state index contributed by atoms with van der Waals surface area (Å²) in [6.07, 6.45) is 0.434. The number of nitrogens with two attached hydrogens (primary N) is 1. The molecule has 0 aromatic heterocycles. The molecule has 0 saturated carbocycles. The molecule has 0 aliphatic rings. The van der Waals surface area contributed by atoms with E-state index in [0.29, 0.717) is 17.7 Å². The molecule has 0 heterocycles. The lowest BCUT2D eigenvalue weighted by Gasteiger charge is -2.22. The Hall–Kier alpha value is -2.25. The first-order valence-corrected chi connectivity index (χ1v) is 8.57. The Balaban J connectivity index is 2.99. The normalized spacial score (nSPS) is 13.8. The minimum atomic E-state index is -1.15. The van der Waals surface area contributed by atoms with E-state index in [-0.39, 0.29) is 24.0 Å². The van der Waals surface area contributed by atoms with Crippen LogP contribution in [0.5, 0.6) is 0 Å². The molecule has 5 N–H and O–H groups in total. The molecule has 0 fully saturated rings. The van der Waals surface area contributed by atoms with Crippen LogP contribution in [-0.4, -0.2) is 46.6 Å². The van der Waals surface area contributed by atoms with E-state index < -0.39 is 24.0 Å². The molecule has 0 aliphatic heterocycles. The quantitative estimate of drug-likeness (QED) is 0.465. The number of carboxylic acid groups (broad SMARTS) is 2.